The molecule has 2 atom stereocenters. The van der Waals surface area contributed by atoms with Crippen molar-refractivity contribution in [2.75, 3.05) is 17.2 Å². The smallest absolute Gasteiger partial charge is 0.307 e. The van der Waals surface area contributed by atoms with Crippen molar-refractivity contribution in [3.63, 3.8) is 0 Å². The average Bonchev–Trinajstić information content (AvgIpc) is 3.46. The van der Waals surface area contributed by atoms with Gasteiger partial charge in [-0.1, -0.05) is 51.1 Å². The molecule has 6 rings (SSSR count). The zero-order valence-corrected chi connectivity index (χ0v) is 25.5. The number of urea groups is 1. The summed E-state index contributed by atoms with van der Waals surface area (Å²) in [4.78, 5) is 35.1. The standard InChI is InChI=1S/C35H37N7O2/c1-22-9-10-25(21-38-22)42-32(20-31(41-42)35(2,3)4)40-34(44)39-29-12-11-26(27-7-5-6-8-28(27)29)24-15-18-37-30(19-24)33(43)23-13-16-36-17-14-23/h5-14,16-17,20-21,24,30,37H,15,18-19H2,1-4H3,(H2,39,40,44). The van der Waals surface area contributed by atoms with Crippen molar-refractivity contribution in [3.8, 4) is 5.69 Å². The van der Waals surface area contributed by atoms with Crippen molar-refractivity contribution in [3.05, 3.63) is 108 Å². The summed E-state index contributed by atoms with van der Waals surface area (Å²) >= 11 is 0. The number of carbonyl (C=O) groups is 2. The molecule has 3 N–H and O–H groups in total. The van der Waals surface area contributed by atoms with E-state index in [1.165, 1.54) is 5.56 Å². The quantitative estimate of drug-likeness (QED) is 0.189. The van der Waals surface area contributed by atoms with Gasteiger partial charge < -0.3 is 10.6 Å². The van der Waals surface area contributed by atoms with Gasteiger partial charge in [-0.2, -0.15) is 5.10 Å². The predicted octanol–water partition coefficient (Wildman–Crippen LogP) is 6.78. The monoisotopic (exact) mass is 587 g/mol. The van der Waals surface area contributed by atoms with Crippen LogP contribution in [0.15, 0.2) is 85.3 Å². The van der Waals surface area contributed by atoms with E-state index in [9.17, 15) is 9.59 Å². The Morgan fingerprint density at radius 3 is 2.45 bits per heavy atom. The minimum absolute atomic E-state index is 0.0895. The highest BCUT2D eigenvalue weighted by molar-refractivity contribution is 6.07. The van der Waals surface area contributed by atoms with E-state index in [2.05, 4.69) is 58.8 Å². The molecule has 0 radical (unpaired) electrons. The second kappa shape index (κ2) is 12.0. The third-order valence-electron chi connectivity index (χ3n) is 8.19. The average molecular weight is 588 g/mol. The zero-order chi connectivity index (χ0) is 30.8. The molecule has 9 heteroatoms. The van der Waals surface area contributed by atoms with Crippen LogP contribution in [0.5, 0.6) is 0 Å². The first-order valence-electron chi connectivity index (χ1n) is 15.0. The Hall–Kier alpha value is -4.89. The first kappa shape index (κ1) is 29.2. The Labute approximate surface area is 257 Å². The van der Waals surface area contributed by atoms with Gasteiger partial charge in [0.25, 0.3) is 0 Å². The lowest BCUT2D eigenvalue weighted by molar-refractivity contribution is 0.0921. The van der Waals surface area contributed by atoms with Gasteiger partial charge >= 0.3 is 6.03 Å². The number of aromatic nitrogens is 4. The lowest BCUT2D eigenvalue weighted by atomic mass is 9.82. The van der Waals surface area contributed by atoms with Crippen LogP contribution in [0.4, 0.5) is 16.3 Å². The first-order valence-corrected chi connectivity index (χ1v) is 15.0. The van der Waals surface area contributed by atoms with Crippen LogP contribution in [-0.2, 0) is 5.41 Å². The fraction of sp³-hybridized carbons (Fsp3) is 0.286. The van der Waals surface area contributed by atoms with Crippen LogP contribution in [-0.4, -0.2) is 44.1 Å². The van der Waals surface area contributed by atoms with E-state index < -0.39 is 0 Å². The predicted molar refractivity (Wildman–Crippen MR) is 174 cm³/mol. The molecule has 2 amide bonds. The molecule has 4 heterocycles. The number of amides is 2. The molecule has 224 valence electrons. The van der Waals surface area contributed by atoms with Crippen LogP contribution in [0, 0.1) is 6.92 Å². The number of carbonyl (C=O) groups excluding carboxylic acids is 2. The molecule has 0 spiro atoms. The van der Waals surface area contributed by atoms with Crippen LogP contribution >= 0.6 is 0 Å². The number of rotatable bonds is 6. The normalized spacial score (nSPS) is 16.9. The largest absolute Gasteiger partial charge is 0.324 e. The van der Waals surface area contributed by atoms with E-state index in [1.807, 2.05) is 49.4 Å². The SMILES string of the molecule is Cc1ccc(-n2nc(C(C)(C)C)cc2NC(=O)Nc2ccc(C3CCNC(C(=O)c4ccncc4)C3)c3ccccc23)cn1. The second-order valence-corrected chi connectivity index (χ2v) is 12.4. The van der Waals surface area contributed by atoms with Crippen LogP contribution in [0.25, 0.3) is 16.5 Å². The number of piperidine rings is 1. The summed E-state index contributed by atoms with van der Waals surface area (Å²) in [5.41, 5.74) is 4.87. The Morgan fingerprint density at radius 2 is 1.73 bits per heavy atom. The maximum atomic E-state index is 13.4. The third-order valence-corrected chi connectivity index (χ3v) is 8.19. The van der Waals surface area contributed by atoms with Gasteiger partial charge in [-0.15, -0.1) is 0 Å². The molecule has 1 saturated heterocycles. The van der Waals surface area contributed by atoms with Crippen molar-refractivity contribution < 1.29 is 9.59 Å². The van der Waals surface area contributed by atoms with Gasteiger partial charge in [-0.3, -0.25) is 20.1 Å². The number of hydrogen-bond acceptors (Lipinski definition) is 6. The van der Waals surface area contributed by atoms with Crippen molar-refractivity contribution in [1.29, 1.82) is 0 Å². The maximum absolute atomic E-state index is 13.4. The number of ketones is 1. The summed E-state index contributed by atoms with van der Waals surface area (Å²) in [6.45, 7) is 8.95. The number of pyridine rings is 2. The Kier molecular flexibility index (Phi) is 7.97. The zero-order valence-electron chi connectivity index (χ0n) is 25.5. The van der Waals surface area contributed by atoms with Crippen LogP contribution in [0.3, 0.4) is 0 Å². The fourth-order valence-corrected chi connectivity index (χ4v) is 5.79. The minimum Gasteiger partial charge on any atom is -0.307 e. The number of Topliss-reactive ketones (excluding diaryl/α,β-unsaturated/α-hetero) is 1. The van der Waals surface area contributed by atoms with Crippen molar-refractivity contribution in [1.82, 2.24) is 25.1 Å². The van der Waals surface area contributed by atoms with Gasteiger partial charge in [0.2, 0.25) is 0 Å². The highest BCUT2D eigenvalue weighted by atomic mass is 16.2. The van der Waals surface area contributed by atoms with Gasteiger partial charge in [-0.05, 0) is 73.5 Å². The summed E-state index contributed by atoms with van der Waals surface area (Å²) in [7, 11) is 0. The maximum Gasteiger partial charge on any atom is 0.324 e. The van der Waals surface area contributed by atoms with E-state index in [-0.39, 0.29) is 29.2 Å². The number of anilines is 2. The lowest BCUT2D eigenvalue weighted by Crippen LogP contribution is -2.43. The molecule has 0 aliphatic carbocycles. The summed E-state index contributed by atoms with van der Waals surface area (Å²) in [5, 5.41) is 16.3. The topological polar surface area (TPSA) is 114 Å². The Morgan fingerprint density at radius 1 is 0.955 bits per heavy atom. The molecule has 1 aliphatic heterocycles. The molecular weight excluding hydrogens is 550 g/mol. The molecule has 5 aromatic rings. The van der Waals surface area contributed by atoms with Crippen LogP contribution in [0.2, 0.25) is 0 Å². The van der Waals surface area contributed by atoms with E-state index in [0.717, 1.165) is 40.8 Å². The van der Waals surface area contributed by atoms with Gasteiger partial charge in [0.15, 0.2) is 5.78 Å². The van der Waals surface area contributed by atoms with Crippen molar-refractivity contribution in [2.45, 2.75) is 57.9 Å². The number of benzene rings is 2. The van der Waals surface area contributed by atoms with Gasteiger partial charge in [0.05, 0.1) is 29.3 Å². The molecule has 44 heavy (non-hydrogen) atoms. The van der Waals surface area contributed by atoms with E-state index in [1.54, 1.807) is 35.4 Å². The van der Waals surface area contributed by atoms with Crippen LogP contribution in [0.1, 0.15) is 66.8 Å². The molecule has 0 saturated carbocycles. The number of aryl methyl sites for hydroxylation is 1. The lowest BCUT2D eigenvalue weighted by Gasteiger charge is -2.31. The fourth-order valence-electron chi connectivity index (χ4n) is 5.79. The Bertz CT molecular complexity index is 1810. The summed E-state index contributed by atoms with van der Waals surface area (Å²) < 4.78 is 1.72. The number of nitrogens with zero attached hydrogens (tertiary/aromatic N) is 4. The highest BCUT2D eigenvalue weighted by Crippen LogP contribution is 2.37. The van der Waals surface area contributed by atoms with E-state index >= 15 is 0 Å². The molecule has 0 bridgehead atoms. The highest BCUT2D eigenvalue weighted by Gasteiger charge is 2.29. The summed E-state index contributed by atoms with van der Waals surface area (Å²) in [5.74, 6) is 0.846. The Balaban J connectivity index is 1.25. The summed E-state index contributed by atoms with van der Waals surface area (Å²) in [6, 6.07) is 20.8. The molecule has 1 fully saturated rings. The number of hydrogen-bond donors (Lipinski definition) is 3. The van der Waals surface area contributed by atoms with Gasteiger partial charge in [0, 0.05) is 40.5 Å². The van der Waals surface area contributed by atoms with Crippen molar-refractivity contribution in [2.24, 2.45) is 0 Å². The molecule has 9 nitrogen and oxygen atoms in total. The second-order valence-electron chi connectivity index (χ2n) is 12.4. The molecule has 3 aromatic heterocycles. The van der Waals surface area contributed by atoms with E-state index in [4.69, 9.17) is 5.10 Å². The van der Waals surface area contributed by atoms with Gasteiger partial charge in [-0.25, -0.2) is 9.48 Å². The third kappa shape index (κ3) is 6.09. The minimum atomic E-state index is -0.366. The van der Waals surface area contributed by atoms with Crippen molar-refractivity contribution >= 4 is 34.1 Å². The molecule has 2 aromatic carbocycles. The number of nitrogens with one attached hydrogen (secondary N) is 3. The van der Waals surface area contributed by atoms with Crippen LogP contribution < -0.4 is 16.0 Å². The molecule has 1 aliphatic rings. The van der Waals surface area contributed by atoms with Gasteiger partial charge in [0.1, 0.15) is 5.82 Å². The first-order chi connectivity index (χ1) is 21.2. The van der Waals surface area contributed by atoms with E-state index in [0.29, 0.717) is 23.5 Å². The summed E-state index contributed by atoms with van der Waals surface area (Å²) in [6.07, 6.45) is 6.68. The molecule has 2 unspecified atom stereocenters. The number of fused-ring (bicyclic) bond motifs is 1. The molecular formula is C35H37N7O2.